The van der Waals surface area contributed by atoms with Crippen molar-refractivity contribution in [2.24, 2.45) is 5.92 Å². The predicted octanol–water partition coefficient (Wildman–Crippen LogP) is 4.01. The van der Waals surface area contributed by atoms with Crippen molar-refractivity contribution >= 4 is 44.7 Å². The average Bonchev–Trinajstić information content (AvgIpc) is 2.98. The van der Waals surface area contributed by atoms with E-state index in [0.717, 1.165) is 35.7 Å². The summed E-state index contributed by atoms with van der Waals surface area (Å²) < 4.78 is 14.4. The van der Waals surface area contributed by atoms with Gasteiger partial charge in [0.1, 0.15) is 17.2 Å². The van der Waals surface area contributed by atoms with Gasteiger partial charge < -0.3 is 5.32 Å². The topological polar surface area (TPSA) is 64.0 Å². The molecule has 0 fully saturated rings. The van der Waals surface area contributed by atoms with Crippen LogP contribution >= 0.6 is 22.9 Å². The molecule has 1 aliphatic rings. The Labute approximate surface area is 163 Å². The monoisotopic (exact) mass is 405 g/mol. The van der Waals surface area contributed by atoms with Gasteiger partial charge in [0.05, 0.1) is 22.4 Å². The number of fused-ring (bicyclic) bond motifs is 3. The van der Waals surface area contributed by atoms with E-state index in [1.807, 2.05) is 0 Å². The fourth-order valence-corrected chi connectivity index (χ4v) is 4.97. The number of carbonyl (C=O) groups excluding carboxylic acids is 1. The van der Waals surface area contributed by atoms with Crippen LogP contribution in [0.1, 0.15) is 23.8 Å². The molecule has 4 rings (SSSR count). The van der Waals surface area contributed by atoms with Crippen molar-refractivity contribution < 1.29 is 9.18 Å². The molecular weight excluding hydrogens is 389 g/mol. The molecule has 0 saturated heterocycles. The second-order valence-corrected chi connectivity index (χ2v) is 8.37. The maximum absolute atomic E-state index is 13.1. The Kier molecular flexibility index (Phi) is 4.74. The zero-order valence-corrected chi connectivity index (χ0v) is 16.2. The van der Waals surface area contributed by atoms with Gasteiger partial charge in [0.15, 0.2) is 0 Å². The lowest BCUT2D eigenvalue weighted by Gasteiger charge is -2.17. The number of hydrogen-bond donors (Lipinski definition) is 1. The van der Waals surface area contributed by atoms with Gasteiger partial charge in [-0.2, -0.15) is 0 Å². The Hall–Kier alpha value is -2.25. The maximum atomic E-state index is 13.1. The van der Waals surface area contributed by atoms with E-state index in [1.165, 1.54) is 27.9 Å². The molecule has 2 aromatic heterocycles. The quantitative estimate of drug-likeness (QED) is 0.716. The van der Waals surface area contributed by atoms with Crippen molar-refractivity contribution in [2.45, 2.75) is 32.7 Å². The summed E-state index contributed by atoms with van der Waals surface area (Å²) in [4.78, 5) is 31.6. The third-order valence-electron chi connectivity index (χ3n) is 4.80. The SMILES string of the molecule is C[C@@H]1CCc2c(sc3ncn(CC(=O)Nc4ccc(F)cc4Cl)c(=O)c23)C1. The summed E-state index contributed by atoms with van der Waals surface area (Å²) in [6.45, 7) is 2.03. The number of carbonyl (C=O) groups is 1. The van der Waals surface area contributed by atoms with Gasteiger partial charge in [0.25, 0.3) is 5.56 Å². The summed E-state index contributed by atoms with van der Waals surface area (Å²) in [5.41, 5.74) is 1.18. The molecule has 0 radical (unpaired) electrons. The summed E-state index contributed by atoms with van der Waals surface area (Å²) in [5, 5.41) is 3.34. The number of benzene rings is 1. The van der Waals surface area contributed by atoms with Gasteiger partial charge in [-0.15, -0.1) is 11.3 Å². The molecule has 8 heteroatoms. The molecule has 1 aliphatic carbocycles. The Morgan fingerprint density at radius 2 is 2.30 bits per heavy atom. The highest BCUT2D eigenvalue weighted by Crippen LogP contribution is 2.35. The van der Waals surface area contributed by atoms with Crippen LogP contribution in [0.25, 0.3) is 10.2 Å². The summed E-state index contributed by atoms with van der Waals surface area (Å²) in [7, 11) is 0. The second kappa shape index (κ2) is 7.05. The zero-order valence-electron chi connectivity index (χ0n) is 14.6. The number of nitrogens with zero attached hydrogens (tertiary/aromatic N) is 2. The van der Waals surface area contributed by atoms with Gasteiger partial charge in [-0.3, -0.25) is 14.2 Å². The average molecular weight is 406 g/mol. The molecule has 0 aliphatic heterocycles. The van der Waals surface area contributed by atoms with E-state index in [4.69, 9.17) is 11.6 Å². The number of amides is 1. The van der Waals surface area contributed by atoms with Crippen molar-refractivity contribution in [3.8, 4) is 0 Å². The molecule has 0 bridgehead atoms. The Morgan fingerprint density at radius 1 is 1.48 bits per heavy atom. The van der Waals surface area contributed by atoms with Crippen LogP contribution in [0.4, 0.5) is 10.1 Å². The normalized spacial score (nSPS) is 16.3. The fourth-order valence-electron chi connectivity index (χ4n) is 3.41. The van der Waals surface area contributed by atoms with Crippen LogP contribution in [0.15, 0.2) is 29.3 Å². The van der Waals surface area contributed by atoms with Gasteiger partial charge in [0, 0.05) is 4.88 Å². The van der Waals surface area contributed by atoms with Gasteiger partial charge in [0.2, 0.25) is 5.91 Å². The molecule has 1 N–H and O–H groups in total. The summed E-state index contributed by atoms with van der Waals surface area (Å²) in [6, 6.07) is 3.71. The maximum Gasteiger partial charge on any atom is 0.262 e. The minimum Gasteiger partial charge on any atom is -0.323 e. The van der Waals surface area contributed by atoms with E-state index >= 15 is 0 Å². The first-order valence-corrected chi connectivity index (χ1v) is 9.86. The molecule has 1 aromatic carbocycles. The van der Waals surface area contributed by atoms with Crippen molar-refractivity contribution in [2.75, 3.05) is 5.32 Å². The number of halogens is 2. The van der Waals surface area contributed by atoms with E-state index in [2.05, 4.69) is 17.2 Å². The lowest BCUT2D eigenvalue weighted by atomic mass is 9.89. The van der Waals surface area contributed by atoms with Gasteiger partial charge in [-0.1, -0.05) is 18.5 Å². The highest BCUT2D eigenvalue weighted by molar-refractivity contribution is 7.18. The molecule has 2 heterocycles. The standard InChI is InChI=1S/C19H17ClFN3O2S/c1-10-2-4-12-15(6-10)27-18-17(12)19(26)24(9-22-18)8-16(25)23-14-5-3-11(21)7-13(14)20/h3,5,7,9-10H,2,4,6,8H2,1H3,(H,23,25)/t10-/m1/s1. The molecule has 3 aromatic rings. The Bertz CT molecular complexity index is 1110. The Balaban J connectivity index is 1.61. The number of anilines is 1. The summed E-state index contributed by atoms with van der Waals surface area (Å²) >= 11 is 7.50. The van der Waals surface area contributed by atoms with Crippen LogP contribution in [0.5, 0.6) is 0 Å². The molecule has 1 amide bonds. The van der Waals surface area contributed by atoms with Gasteiger partial charge in [-0.05, 0) is 48.9 Å². The number of hydrogen-bond acceptors (Lipinski definition) is 4. The van der Waals surface area contributed by atoms with Crippen molar-refractivity contribution in [1.82, 2.24) is 9.55 Å². The fraction of sp³-hybridized carbons (Fsp3) is 0.316. The van der Waals surface area contributed by atoms with Crippen LogP contribution in [0.3, 0.4) is 0 Å². The number of aryl methyl sites for hydroxylation is 1. The van der Waals surface area contributed by atoms with Crippen molar-refractivity contribution in [1.29, 1.82) is 0 Å². The first-order valence-electron chi connectivity index (χ1n) is 8.67. The smallest absolute Gasteiger partial charge is 0.262 e. The number of rotatable bonds is 3. The van der Waals surface area contributed by atoms with E-state index in [9.17, 15) is 14.0 Å². The number of aromatic nitrogens is 2. The first kappa shape index (κ1) is 18.1. The number of thiophene rings is 1. The minimum absolute atomic E-state index is 0.102. The first-order chi connectivity index (χ1) is 12.9. The highest BCUT2D eigenvalue weighted by atomic mass is 35.5. The van der Waals surface area contributed by atoms with E-state index in [0.29, 0.717) is 17.0 Å². The van der Waals surface area contributed by atoms with E-state index in [-0.39, 0.29) is 17.1 Å². The molecule has 27 heavy (non-hydrogen) atoms. The largest absolute Gasteiger partial charge is 0.323 e. The molecule has 0 spiro atoms. The van der Waals surface area contributed by atoms with Crippen LogP contribution < -0.4 is 10.9 Å². The van der Waals surface area contributed by atoms with Crippen LogP contribution in [0, 0.1) is 11.7 Å². The summed E-state index contributed by atoms with van der Waals surface area (Å²) in [5.74, 6) is -0.302. The predicted molar refractivity (Wildman–Crippen MR) is 105 cm³/mol. The third-order valence-corrected chi connectivity index (χ3v) is 6.28. The zero-order chi connectivity index (χ0) is 19.1. The number of nitrogens with one attached hydrogen (secondary N) is 1. The third kappa shape index (κ3) is 3.49. The van der Waals surface area contributed by atoms with Crippen molar-refractivity contribution in [3.05, 3.63) is 56.2 Å². The molecule has 140 valence electrons. The Morgan fingerprint density at radius 3 is 3.07 bits per heavy atom. The van der Waals surface area contributed by atoms with E-state index < -0.39 is 11.7 Å². The second-order valence-electron chi connectivity index (χ2n) is 6.88. The van der Waals surface area contributed by atoms with Crippen LogP contribution in [-0.4, -0.2) is 15.5 Å². The van der Waals surface area contributed by atoms with Gasteiger partial charge >= 0.3 is 0 Å². The minimum atomic E-state index is -0.486. The lowest BCUT2D eigenvalue weighted by molar-refractivity contribution is -0.116. The highest BCUT2D eigenvalue weighted by Gasteiger charge is 2.23. The lowest BCUT2D eigenvalue weighted by Crippen LogP contribution is -2.28. The van der Waals surface area contributed by atoms with Crippen molar-refractivity contribution in [3.63, 3.8) is 0 Å². The van der Waals surface area contributed by atoms with E-state index in [1.54, 1.807) is 11.3 Å². The van der Waals surface area contributed by atoms with Crippen LogP contribution in [-0.2, 0) is 24.2 Å². The molecule has 0 unspecified atom stereocenters. The molecule has 5 nitrogen and oxygen atoms in total. The summed E-state index contributed by atoms with van der Waals surface area (Å²) in [6.07, 6.45) is 4.30. The van der Waals surface area contributed by atoms with Crippen LogP contribution in [0.2, 0.25) is 5.02 Å². The molecular formula is C19H17ClFN3O2S. The molecule has 1 atom stereocenters. The molecule has 0 saturated carbocycles. The van der Waals surface area contributed by atoms with Gasteiger partial charge in [-0.25, -0.2) is 9.37 Å².